The molecular formula is C23H21Cl2F3N2O4. The van der Waals surface area contributed by atoms with E-state index in [0.29, 0.717) is 0 Å². The van der Waals surface area contributed by atoms with Crippen molar-refractivity contribution < 1.29 is 32.6 Å². The number of aromatic nitrogens is 1. The number of hydrogen-bond donors (Lipinski definition) is 1. The lowest BCUT2D eigenvalue weighted by atomic mass is 9.87. The Morgan fingerprint density at radius 1 is 1.24 bits per heavy atom. The Labute approximate surface area is 204 Å². The van der Waals surface area contributed by atoms with Gasteiger partial charge in [0.15, 0.2) is 0 Å². The first-order valence-electron chi connectivity index (χ1n) is 10.0. The molecule has 34 heavy (non-hydrogen) atoms. The third-order valence-electron chi connectivity index (χ3n) is 4.51. The van der Waals surface area contributed by atoms with Crippen LogP contribution in [-0.2, 0) is 15.2 Å². The average Bonchev–Trinajstić information content (AvgIpc) is 3.25. The van der Waals surface area contributed by atoms with Crippen LogP contribution < -0.4 is 0 Å². The molecule has 2 aromatic rings. The fraction of sp³-hybridized carbons (Fsp3) is 0.348. The Kier molecular flexibility index (Phi) is 8.95. The molecule has 2 atom stereocenters. The maximum atomic E-state index is 14.1. The van der Waals surface area contributed by atoms with Crippen molar-refractivity contribution >= 4 is 34.9 Å². The van der Waals surface area contributed by atoms with Crippen LogP contribution in [0.5, 0.6) is 0 Å². The molecule has 2 unspecified atom stereocenters. The number of aliphatic hydroxyl groups excluding tert-OH is 1. The molecule has 11 heteroatoms. The van der Waals surface area contributed by atoms with Crippen molar-refractivity contribution in [1.29, 1.82) is 0 Å². The van der Waals surface area contributed by atoms with Gasteiger partial charge in [-0.2, -0.15) is 13.2 Å². The van der Waals surface area contributed by atoms with E-state index in [9.17, 15) is 23.1 Å². The van der Waals surface area contributed by atoms with Crippen molar-refractivity contribution in [3.05, 3.63) is 62.9 Å². The molecule has 0 saturated heterocycles. The minimum atomic E-state index is -4.87. The van der Waals surface area contributed by atoms with E-state index in [2.05, 4.69) is 26.7 Å². The van der Waals surface area contributed by atoms with E-state index >= 15 is 0 Å². The zero-order valence-corrected chi connectivity index (χ0v) is 20.1. The number of carbonyl (C=O) groups is 1. The lowest BCUT2D eigenvalue weighted by molar-refractivity contribution is -0.275. The molecule has 1 N–H and O–H groups in total. The number of hydrogen-bond acceptors (Lipinski definition) is 6. The second-order valence-corrected chi connectivity index (χ2v) is 7.69. The molecule has 1 aliphatic heterocycles. The van der Waals surface area contributed by atoms with Gasteiger partial charge < -0.3 is 14.7 Å². The summed E-state index contributed by atoms with van der Waals surface area (Å²) in [5.74, 6) is 4.21. The summed E-state index contributed by atoms with van der Waals surface area (Å²) in [7, 11) is 1.16. The molecule has 3 rings (SSSR count). The molecule has 6 nitrogen and oxygen atoms in total. The first-order chi connectivity index (χ1) is 16.0. The molecule has 1 aromatic carbocycles. The van der Waals surface area contributed by atoms with E-state index in [-0.39, 0.29) is 38.3 Å². The summed E-state index contributed by atoms with van der Waals surface area (Å²) in [6, 6.07) is 6.11. The molecule has 1 aliphatic rings. The Hall–Kier alpha value is -2.80. The number of nitrogens with zero attached hydrogens (tertiary/aromatic N) is 2. The quantitative estimate of drug-likeness (QED) is 0.429. The van der Waals surface area contributed by atoms with Gasteiger partial charge in [0.05, 0.1) is 24.8 Å². The van der Waals surface area contributed by atoms with Crippen LogP contribution in [0.15, 0.2) is 35.5 Å². The summed E-state index contributed by atoms with van der Waals surface area (Å²) in [5.41, 5.74) is -3.38. The summed E-state index contributed by atoms with van der Waals surface area (Å²) in [4.78, 5) is 21.1. The van der Waals surface area contributed by atoms with Gasteiger partial charge in [-0.15, -0.1) is 0 Å². The van der Waals surface area contributed by atoms with E-state index < -0.39 is 30.3 Å². The number of rotatable bonds is 3. The second-order valence-electron chi connectivity index (χ2n) is 6.82. The number of methoxy groups -OCH3 is 1. The lowest BCUT2D eigenvalue weighted by Gasteiger charge is -2.29. The predicted octanol–water partition coefficient (Wildman–Crippen LogP) is 5.52. The predicted molar refractivity (Wildman–Crippen MR) is 122 cm³/mol. The number of ether oxygens (including phenoxy) is 1. The number of pyridine rings is 1. The van der Waals surface area contributed by atoms with Gasteiger partial charge in [0, 0.05) is 15.6 Å². The highest BCUT2D eigenvalue weighted by molar-refractivity contribution is 6.34. The van der Waals surface area contributed by atoms with E-state index in [1.54, 1.807) is 0 Å². The van der Waals surface area contributed by atoms with Crippen molar-refractivity contribution in [3.63, 3.8) is 0 Å². The van der Waals surface area contributed by atoms with Gasteiger partial charge in [-0.25, -0.2) is 9.78 Å². The van der Waals surface area contributed by atoms with Gasteiger partial charge in [0.25, 0.3) is 5.60 Å². The van der Waals surface area contributed by atoms with Crippen LogP contribution in [-0.4, -0.2) is 41.2 Å². The maximum Gasteiger partial charge on any atom is 0.435 e. The molecular weight excluding hydrogens is 496 g/mol. The summed E-state index contributed by atoms with van der Waals surface area (Å²) < 4.78 is 47.1. The molecule has 0 amide bonds. The smallest absolute Gasteiger partial charge is 0.435 e. The van der Waals surface area contributed by atoms with Crippen LogP contribution in [0, 0.1) is 11.8 Å². The van der Waals surface area contributed by atoms with Crippen LogP contribution in [0.3, 0.4) is 0 Å². The SMILES string of the molecule is CC.COC(=O)c1ccc(C2=NOC(c3cc(Cl)cc(Cl)c3)(C(F)(F)F)C2)nc1C#CC(C)O. The van der Waals surface area contributed by atoms with Gasteiger partial charge in [-0.3, -0.25) is 0 Å². The normalized spacial score (nSPS) is 17.9. The van der Waals surface area contributed by atoms with Gasteiger partial charge >= 0.3 is 12.1 Å². The Bertz CT molecular complexity index is 1140. The van der Waals surface area contributed by atoms with E-state index in [1.807, 2.05) is 13.8 Å². The highest BCUT2D eigenvalue weighted by Crippen LogP contribution is 2.49. The number of alkyl halides is 3. The maximum absolute atomic E-state index is 14.1. The second kappa shape index (κ2) is 11.1. The number of halogens is 5. The minimum Gasteiger partial charge on any atom is -0.465 e. The molecule has 0 bridgehead atoms. The van der Waals surface area contributed by atoms with Crippen LogP contribution in [0.25, 0.3) is 0 Å². The monoisotopic (exact) mass is 516 g/mol. The fourth-order valence-electron chi connectivity index (χ4n) is 2.99. The van der Waals surface area contributed by atoms with E-state index in [1.165, 1.54) is 25.1 Å². The number of carbonyl (C=O) groups excluding carboxylic acids is 1. The molecule has 0 aliphatic carbocycles. The number of oxime groups is 1. The molecule has 0 spiro atoms. The first-order valence-corrected chi connectivity index (χ1v) is 10.8. The van der Waals surface area contributed by atoms with Crippen LogP contribution in [0.2, 0.25) is 10.0 Å². The third kappa shape index (κ3) is 5.81. The molecule has 182 valence electrons. The summed E-state index contributed by atoms with van der Waals surface area (Å²) >= 11 is 11.8. The van der Waals surface area contributed by atoms with Crippen LogP contribution in [0.4, 0.5) is 13.2 Å². The zero-order chi connectivity index (χ0) is 25.7. The highest BCUT2D eigenvalue weighted by Gasteiger charge is 2.62. The Balaban J connectivity index is 0.00000199. The van der Waals surface area contributed by atoms with Crippen molar-refractivity contribution in [2.45, 2.75) is 45.1 Å². The third-order valence-corrected chi connectivity index (χ3v) is 4.95. The lowest BCUT2D eigenvalue weighted by Crippen LogP contribution is -2.42. The molecule has 0 saturated carbocycles. The van der Waals surface area contributed by atoms with Crippen molar-refractivity contribution in [2.24, 2.45) is 5.16 Å². The molecule has 0 fully saturated rings. The van der Waals surface area contributed by atoms with Crippen molar-refractivity contribution in [2.75, 3.05) is 7.11 Å². The van der Waals surface area contributed by atoms with Crippen molar-refractivity contribution in [1.82, 2.24) is 4.98 Å². The average molecular weight is 517 g/mol. The van der Waals surface area contributed by atoms with Crippen LogP contribution in [0.1, 0.15) is 54.5 Å². The summed E-state index contributed by atoms with van der Waals surface area (Å²) in [6.45, 7) is 5.40. The standard InChI is InChI=1S/C21H15Cl2F3N2O4.C2H6/c1-11(29)3-5-16-15(19(30)31-2)4-6-17(27-16)18-10-20(32-28-18,21(24,25)26)12-7-13(22)9-14(23)8-12;1-2/h4,6-9,11,29H,10H2,1-2H3;1-2H3. The van der Waals surface area contributed by atoms with Crippen molar-refractivity contribution in [3.8, 4) is 11.8 Å². The fourth-order valence-corrected chi connectivity index (χ4v) is 3.52. The molecule has 0 radical (unpaired) electrons. The van der Waals surface area contributed by atoms with Crippen LogP contribution >= 0.6 is 23.2 Å². The van der Waals surface area contributed by atoms with Gasteiger partial charge in [0.1, 0.15) is 17.5 Å². The Morgan fingerprint density at radius 2 is 1.85 bits per heavy atom. The van der Waals surface area contributed by atoms with E-state index in [0.717, 1.165) is 19.2 Å². The van der Waals surface area contributed by atoms with E-state index in [4.69, 9.17) is 28.0 Å². The highest BCUT2D eigenvalue weighted by atomic mass is 35.5. The van der Waals surface area contributed by atoms with Gasteiger partial charge in [-0.05, 0) is 43.2 Å². The van der Waals surface area contributed by atoms with Gasteiger partial charge in [-0.1, -0.05) is 48.1 Å². The summed E-state index contributed by atoms with van der Waals surface area (Å²) in [6.07, 6.45) is -6.61. The first kappa shape index (κ1) is 27.4. The zero-order valence-electron chi connectivity index (χ0n) is 18.6. The molecule has 1 aromatic heterocycles. The molecule has 2 heterocycles. The minimum absolute atomic E-state index is 0.00409. The Morgan fingerprint density at radius 3 is 2.38 bits per heavy atom. The number of esters is 1. The van der Waals surface area contributed by atoms with Gasteiger partial charge in [0.2, 0.25) is 0 Å². The summed E-state index contributed by atoms with van der Waals surface area (Å²) in [5, 5.41) is 13.0. The number of aliphatic hydroxyl groups is 1. The largest absolute Gasteiger partial charge is 0.465 e. The topological polar surface area (TPSA) is 81.0 Å². The number of benzene rings is 1.